The molecule has 160 valence electrons. The minimum Gasteiger partial charge on any atom is -0.389 e. The Hall–Kier alpha value is -1.16. The van der Waals surface area contributed by atoms with Gasteiger partial charge in [0.25, 0.3) is 0 Å². The SMILES string of the molecule is CCCCCCCCCCCCC/C=C/[C@@H](N)[C@@H](O)COCc1ccccc1. The lowest BCUT2D eigenvalue weighted by molar-refractivity contribution is 0.0229. The summed E-state index contributed by atoms with van der Waals surface area (Å²) >= 11 is 0. The van der Waals surface area contributed by atoms with Gasteiger partial charge in [0.15, 0.2) is 0 Å². The molecule has 1 rings (SSSR count). The van der Waals surface area contributed by atoms with E-state index in [0.29, 0.717) is 6.61 Å². The molecule has 3 N–H and O–H groups in total. The summed E-state index contributed by atoms with van der Waals surface area (Å²) in [7, 11) is 0. The molecule has 28 heavy (non-hydrogen) atoms. The van der Waals surface area contributed by atoms with Gasteiger partial charge in [-0.3, -0.25) is 0 Å². The second-order valence-electron chi connectivity index (χ2n) is 7.90. The summed E-state index contributed by atoms with van der Waals surface area (Å²) in [6, 6.07) is 9.62. The van der Waals surface area contributed by atoms with Crippen LogP contribution in [0.15, 0.2) is 42.5 Å². The topological polar surface area (TPSA) is 55.5 Å². The fourth-order valence-electron chi connectivity index (χ4n) is 3.29. The molecule has 0 aliphatic rings. The van der Waals surface area contributed by atoms with Gasteiger partial charge in [-0.2, -0.15) is 0 Å². The molecule has 0 aliphatic heterocycles. The Labute approximate surface area is 173 Å². The van der Waals surface area contributed by atoms with Gasteiger partial charge < -0.3 is 15.6 Å². The predicted molar refractivity (Wildman–Crippen MR) is 120 cm³/mol. The number of rotatable bonds is 18. The minimum atomic E-state index is -0.655. The zero-order valence-electron chi connectivity index (χ0n) is 18.0. The molecule has 0 bridgehead atoms. The van der Waals surface area contributed by atoms with Gasteiger partial charge in [0.05, 0.1) is 25.4 Å². The first-order valence-electron chi connectivity index (χ1n) is 11.5. The summed E-state index contributed by atoms with van der Waals surface area (Å²) in [5, 5.41) is 10.1. The van der Waals surface area contributed by atoms with Gasteiger partial charge in [0.2, 0.25) is 0 Å². The molecule has 0 radical (unpaired) electrons. The van der Waals surface area contributed by atoms with Gasteiger partial charge in [0, 0.05) is 0 Å². The lowest BCUT2D eigenvalue weighted by Crippen LogP contribution is -2.36. The molecule has 0 fully saturated rings. The Kier molecular flexibility index (Phi) is 15.9. The summed E-state index contributed by atoms with van der Waals surface area (Å²) in [5.74, 6) is 0. The van der Waals surface area contributed by atoms with Crippen LogP contribution in [0.3, 0.4) is 0 Å². The highest BCUT2D eigenvalue weighted by atomic mass is 16.5. The van der Waals surface area contributed by atoms with Crippen molar-refractivity contribution in [3.63, 3.8) is 0 Å². The van der Waals surface area contributed by atoms with Crippen molar-refractivity contribution >= 4 is 0 Å². The second-order valence-corrected chi connectivity index (χ2v) is 7.90. The van der Waals surface area contributed by atoms with Crippen molar-refractivity contribution in [1.29, 1.82) is 0 Å². The molecule has 0 unspecified atom stereocenters. The van der Waals surface area contributed by atoms with Crippen molar-refractivity contribution in [3.05, 3.63) is 48.0 Å². The van der Waals surface area contributed by atoms with Gasteiger partial charge in [-0.15, -0.1) is 0 Å². The first-order valence-corrected chi connectivity index (χ1v) is 11.5. The molecule has 3 nitrogen and oxygen atoms in total. The number of hydrogen-bond donors (Lipinski definition) is 2. The number of unbranched alkanes of at least 4 members (excludes halogenated alkanes) is 11. The largest absolute Gasteiger partial charge is 0.389 e. The van der Waals surface area contributed by atoms with Gasteiger partial charge in [-0.1, -0.05) is 114 Å². The standard InChI is InChI=1S/C25H43NO2/c1-2-3-4-5-6-7-8-9-10-11-12-13-17-20-24(26)25(27)22-28-21-23-18-15-14-16-19-23/h14-20,24-25,27H,2-13,21-22,26H2,1H3/b20-17+/t24-,25+/m1/s1. The van der Waals surface area contributed by atoms with Crippen LogP contribution in [-0.2, 0) is 11.3 Å². The molecular weight excluding hydrogens is 346 g/mol. The normalized spacial score (nSPS) is 13.8. The molecule has 3 heteroatoms. The third kappa shape index (κ3) is 13.9. The van der Waals surface area contributed by atoms with Crippen molar-refractivity contribution < 1.29 is 9.84 Å². The smallest absolute Gasteiger partial charge is 0.0959 e. The molecule has 0 spiro atoms. The molecule has 1 aromatic carbocycles. The number of hydrogen-bond acceptors (Lipinski definition) is 3. The molecule has 0 aromatic heterocycles. The van der Waals surface area contributed by atoms with E-state index in [1.807, 2.05) is 36.4 Å². The first-order chi connectivity index (χ1) is 13.7. The number of aliphatic hydroxyl groups excluding tert-OH is 1. The van der Waals surface area contributed by atoms with Gasteiger partial charge in [0.1, 0.15) is 0 Å². The van der Waals surface area contributed by atoms with Crippen LogP contribution >= 0.6 is 0 Å². The average Bonchev–Trinajstić information content (AvgIpc) is 2.72. The van der Waals surface area contributed by atoms with Crippen LogP contribution in [0.2, 0.25) is 0 Å². The summed E-state index contributed by atoms with van der Waals surface area (Å²) in [5.41, 5.74) is 7.13. The van der Waals surface area contributed by atoms with Crippen LogP contribution in [0.1, 0.15) is 89.5 Å². The maximum absolute atomic E-state index is 10.1. The lowest BCUT2D eigenvalue weighted by Gasteiger charge is -2.15. The molecule has 0 saturated heterocycles. The highest BCUT2D eigenvalue weighted by Crippen LogP contribution is 2.12. The quantitative estimate of drug-likeness (QED) is 0.234. The fraction of sp³-hybridized carbons (Fsp3) is 0.680. The molecular formula is C25H43NO2. The lowest BCUT2D eigenvalue weighted by atomic mass is 10.0. The Bertz CT molecular complexity index is 475. The Morgan fingerprint density at radius 1 is 0.893 bits per heavy atom. The maximum Gasteiger partial charge on any atom is 0.0959 e. The van der Waals surface area contributed by atoms with Crippen LogP contribution in [0.4, 0.5) is 0 Å². The van der Waals surface area contributed by atoms with Crippen molar-refractivity contribution in [2.24, 2.45) is 5.73 Å². The van der Waals surface area contributed by atoms with Crippen molar-refractivity contribution in [2.45, 2.75) is 103 Å². The van der Waals surface area contributed by atoms with Crippen LogP contribution in [0.5, 0.6) is 0 Å². The van der Waals surface area contributed by atoms with Gasteiger partial charge >= 0.3 is 0 Å². The third-order valence-electron chi connectivity index (χ3n) is 5.18. The molecule has 0 aliphatic carbocycles. The predicted octanol–water partition coefficient (Wildman–Crippen LogP) is 6.15. The van der Waals surface area contributed by atoms with E-state index in [-0.39, 0.29) is 12.6 Å². The van der Waals surface area contributed by atoms with Crippen LogP contribution in [-0.4, -0.2) is 23.9 Å². The highest BCUT2D eigenvalue weighted by Gasteiger charge is 2.11. The fourth-order valence-corrected chi connectivity index (χ4v) is 3.29. The van der Waals surface area contributed by atoms with Crippen molar-refractivity contribution in [2.75, 3.05) is 6.61 Å². The average molecular weight is 390 g/mol. The summed E-state index contributed by atoms with van der Waals surface area (Å²) in [6.07, 6.45) is 19.4. The Morgan fingerprint density at radius 2 is 1.46 bits per heavy atom. The van der Waals surface area contributed by atoms with E-state index in [2.05, 4.69) is 13.0 Å². The Balaban J connectivity index is 1.92. The van der Waals surface area contributed by atoms with E-state index in [1.54, 1.807) is 0 Å². The van der Waals surface area contributed by atoms with E-state index < -0.39 is 6.10 Å². The summed E-state index contributed by atoms with van der Waals surface area (Å²) in [6.45, 7) is 3.04. The van der Waals surface area contributed by atoms with Crippen LogP contribution in [0.25, 0.3) is 0 Å². The zero-order chi connectivity index (χ0) is 20.3. The second kappa shape index (κ2) is 17.9. The molecule has 0 saturated carbocycles. The van der Waals surface area contributed by atoms with Gasteiger partial charge in [-0.05, 0) is 18.4 Å². The molecule has 0 heterocycles. The van der Waals surface area contributed by atoms with Crippen molar-refractivity contribution in [1.82, 2.24) is 0 Å². The number of aliphatic hydroxyl groups is 1. The first kappa shape index (κ1) is 24.9. The molecule has 2 atom stereocenters. The monoisotopic (exact) mass is 389 g/mol. The number of benzene rings is 1. The van der Waals surface area contributed by atoms with E-state index in [4.69, 9.17) is 10.5 Å². The number of allylic oxidation sites excluding steroid dienone is 1. The Morgan fingerprint density at radius 3 is 2.07 bits per heavy atom. The zero-order valence-corrected chi connectivity index (χ0v) is 18.0. The van der Waals surface area contributed by atoms with Gasteiger partial charge in [-0.25, -0.2) is 0 Å². The maximum atomic E-state index is 10.1. The third-order valence-corrected chi connectivity index (χ3v) is 5.18. The molecule has 0 amide bonds. The minimum absolute atomic E-state index is 0.263. The highest BCUT2D eigenvalue weighted by molar-refractivity contribution is 5.13. The van der Waals surface area contributed by atoms with E-state index in [1.165, 1.54) is 70.6 Å². The molecule has 1 aromatic rings. The van der Waals surface area contributed by atoms with Crippen LogP contribution < -0.4 is 5.73 Å². The number of ether oxygens (including phenoxy) is 1. The van der Waals surface area contributed by atoms with Crippen molar-refractivity contribution in [3.8, 4) is 0 Å². The van der Waals surface area contributed by atoms with Crippen LogP contribution in [0, 0.1) is 0 Å². The summed E-state index contributed by atoms with van der Waals surface area (Å²) in [4.78, 5) is 0. The number of nitrogens with two attached hydrogens (primary N) is 1. The van der Waals surface area contributed by atoms with E-state index >= 15 is 0 Å². The van der Waals surface area contributed by atoms with E-state index in [9.17, 15) is 5.11 Å². The summed E-state index contributed by atoms with van der Waals surface area (Å²) < 4.78 is 5.56. The van der Waals surface area contributed by atoms with E-state index in [0.717, 1.165) is 12.0 Å².